The lowest BCUT2D eigenvalue weighted by atomic mass is 9.83. The van der Waals surface area contributed by atoms with Crippen LogP contribution in [0.25, 0.3) is 0 Å². The van der Waals surface area contributed by atoms with Crippen LogP contribution in [-0.2, 0) is 0 Å². The van der Waals surface area contributed by atoms with Crippen LogP contribution in [0.15, 0.2) is 12.1 Å². The molecule has 1 nitrogen and oxygen atoms in total. The lowest BCUT2D eigenvalue weighted by molar-refractivity contribution is 0.315. The van der Waals surface area contributed by atoms with Crippen molar-refractivity contribution in [1.29, 1.82) is 0 Å². The molecule has 1 aromatic carbocycles. The van der Waals surface area contributed by atoms with Crippen LogP contribution in [0, 0.1) is 23.4 Å². The van der Waals surface area contributed by atoms with Crippen molar-refractivity contribution in [3.05, 3.63) is 29.6 Å². The Morgan fingerprint density at radius 1 is 1.11 bits per heavy atom. The monoisotopic (exact) mass is 257 g/mol. The van der Waals surface area contributed by atoms with E-state index in [0.29, 0.717) is 5.92 Å². The average molecular weight is 257 g/mol. The first-order valence-corrected chi connectivity index (χ1v) is 6.53. The summed E-state index contributed by atoms with van der Waals surface area (Å²) >= 11 is 0. The molecule has 18 heavy (non-hydrogen) atoms. The quantitative estimate of drug-likeness (QED) is 0.841. The zero-order valence-corrected chi connectivity index (χ0v) is 10.5. The van der Waals surface area contributed by atoms with E-state index in [1.807, 2.05) is 0 Å². The molecule has 1 aromatic rings. The van der Waals surface area contributed by atoms with Gasteiger partial charge in [-0.3, -0.25) is 0 Å². The highest BCUT2D eigenvalue weighted by atomic mass is 19.1. The summed E-state index contributed by atoms with van der Waals surface area (Å²) < 4.78 is 39.9. The summed E-state index contributed by atoms with van der Waals surface area (Å²) in [7, 11) is 0. The fourth-order valence-electron chi connectivity index (χ4n) is 2.75. The Bertz CT molecular complexity index is 396. The second kappa shape index (κ2) is 5.63. The van der Waals surface area contributed by atoms with Gasteiger partial charge in [-0.05, 0) is 18.8 Å². The molecule has 0 aromatic heterocycles. The van der Waals surface area contributed by atoms with Crippen molar-refractivity contribution in [1.82, 2.24) is 0 Å². The molecule has 1 saturated carbocycles. The van der Waals surface area contributed by atoms with Crippen molar-refractivity contribution < 1.29 is 13.2 Å². The molecule has 0 radical (unpaired) electrons. The van der Waals surface area contributed by atoms with Crippen LogP contribution >= 0.6 is 0 Å². The van der Waals surface area contributed by atoms with Crippen LogP contribution in [-0.4, -0.2) is 6.04 Å². The Balaban J connectivity index is 2.17. The summed E-state index contributed by atoms with van der Waals surface area (Å²) in [6.45, 7) is 2.09. The van der Waals surface area contributed by atoms with Gasteiger partial charge in [0.25, 0.3) is 0 Å². The Kier molecular flexibility index (Phi) is 4.15. The summed E-state index contributed by atoms with van der Waals surface area (Å²) in [6, 6.07) is 1.52. The second-order valence-electron chi connectivity index (χ2n) is 4.95. The molecule has 1 aliphatic carbocycles. The smallest absolute Gasteiger partial charge is 0.152 e. The molecule has 1 N–H and O–H groups in total. The van der Waals surface area contributed by atoms with E-state index in [1.54, 1.807) is 0 Å². The molecule has 0 aliphatic heterocycles. The van der Waals surface area contributed by atoms with Gasteiger partial charge in [0.15, 0.2) is 11.6 Å². The van der Waals surface area contributed by atoms with Crippen molar-refractivity contribution >= 4 is 5.69 Å². The number of hydrogen-bond acceptors (Lipinski definition) is 1. The van der Waals surface area contributed by atoms with Crippen molar-refractivity contribution in [3.63, 3.8) is 0 Å². The standard InChI is InChI=1S/C14H18F3N/c1-2-9-5-3-4-6-13(9)18-14-11(16)7-10(15)8-12(14)17/h7-9,13,18H,2-6H2,1H3. The van der Waals surface area contributed by atoms with E-state index >= 15 is 0 Å². The molecule has 0 bridgehead atoms. The highest BCUT2D eigenvalue weighted by molar-refractivity contribution is 5.47. The zero-order valence-electron chi connectivity index (χ0n) is 10.5. The molecular weight excluding hydrogens is 239 g/mol. The molecule has 100 valence electrons. The van der Waals surface area contributed by atoms with Gasteiger partial charge in [-0.15, -0.1) is 0 Å². The fourth-order valence-corrected chi connectivity index (χ4v) is 2.75. The lowest BCUT2D eigenvalue weighted by Gasteiger charge is -2.32. The van der Waals surface area contributed by atoms with Gasteiger partial charge in [0.05, 0.1) is 0 Å². The predicted molar refractivity (Wildman–Crippen MR) is 66.0 cm³/mol. The normalized spacial score (nSPS) is 24.0. The maximum absolute atomic E-state index is 13.6. The van der Waals surface area contributed by atoms with Crippen LogP contribution in [0.4, 0.5) is 18.9 Å². The first-order chi connectivity index (χ1) is 8.61. The van der Waals surface area contributed by atoms with Crippen LogP contribution in [0.3, 0.4) is 0 Å². The van der Waals surface area contributed by atoms with Gasteiger partial charge in [0, 0.05) is 18.2 Å². The summed E-state index contributed by atoms with van der Waals surface area (Å²) in [5.41, 5.74) is -0.193. The molecule has 2 unspecified atom stereocenters. The fraction of sp³-hybridized carbons (Fsp3) is 0.571. The maximum atomic E-state index is 13.6. The second-order valence-corrected chi connectivity index (χ2v) is 4.95. The summed E-state index contributed by atoms with van der Waals surface area (Å²) in [6.07, 6.45) is 5.22. The van der Waals surface area contributed by atoms with Crippen molar-refractivity contribution in [2.75, 3.05) is 5.32 Å². The minimum absolute atomic E-state index is 0.0817. The van der Waals surface area contributed by atoms with Crippen molar-refractivity contribution in [2.45, 2.75) is 45.1 Å². The Labute approximate surface area is 105 Å². The van der Waals surface area contributed by atoms with E-state index in [4.69, 9.17) is 0 Å². The number of benzene rings is 1. The Morgan fingerprint density at radius 3 is 2.33 bits per heavy atom. The molecule has 1 fully saturated rings. The van der Waals surface area contributed by atoms with Gasteiger partial charge in [-0.1, -0.05) is 26.2 Å². The lowest BCUT2D eigenvalue weighted by Crippen LogP contribution is -2.32. The van der Waals surface area contributed by atoms with E-state index < -0.39 is 17.5 Å². The van der Waals surface area contributed by atoms with Gasteiger partial charge in [0.2, 0.25) is 0 Å². The molecule has 2 rings (SSSR count). The van der Waals surface area contributed by atoms with Gasteiger partial charge in [-0.25, -0.2) is 13.2 Å². The van der Waals surface area contributed by atoms with E-state index in [0.717, 1.165) is 37.8 Å². The molecule has 4 heteroatoms. The molecule has 0 heterocycles. The average Bonchev–Trinajstić information content (AvgIpc) is 2.34. The number of halogens is 3. The maximum Gasteiger partial charge on any atom is 0.152 e. The largest absolute Gasteiger partial charge is 0.377 e. The van der Waals surface area contributed by atoms with E-state index in [9.17, 15) is 13.2 Å². The summed E-state index contributed by atoms with van der Waals surface area (Å²) in [5.74, 6) is -2.16. The molecule has 0 amide bonds. The first-order valence-electron chi connectivity index (χ1n) is 6.53. The van der Waals surface area contributed by atoms with Crippen LogP contribution in [0.1, 0.15) is 39.0 Å². The zero-order chi connectivity index (χ0) is 13.1. The van der Waals surface area contributed by atoms with E-state index in [2.05, 4.69) is 12.2 Å². The van der Waals surface area contributed by atoms with Crippen molar-refractivity contribution in [2.24, 2.45) is 5.92 Å². The van der Waals surface area contributed by atoms with E-state index in [-0.39, 0.29) is 11.7 Å². The van der Waals surface area contributed by atoms with E-state index in [1.165, 1.54) is 6.42 Å². The molecular formula is C14H18F3N. The molecule has 2 atom stereocenters. The topological polar surface area (TPSA) is 12.0 Å². The first kappa shape index (κ1) is 13.2. The molecule has 0 spiro atoms. The Morgan fingerprint density at radius 2 is 1.72 bits per heavy atom. The van der Waals surface area contributed by atoms with Crippen molar-refractivity contribution in [3.8, 4) is 0 Å². The number of rotatable bonds is 3. The SMILES string of the molecule is CCC1CCCCC1Nc1c(F)cc(F)cc1F. The third-order valence-electron chi connectivity index (χ3n) is 3.77. The number of hydrogen-bond donors (Lipinski definition) is 1. The van der Waals surface area contributed by atoms with Gasteiger partial charge >= 0.3 is 0 Å². The molecule has 1 aliphatic rings. The van der Waals surface area contributed by atoms with Gasteiger partial charge in [-0.2, -0.15) is 0 Å². The van der Waals surface area contributed by atoms with Crippen LogP contribution in [0.2, 0.25) is 0 Å². The van der Waals surface area contributed by atoms with Crippen LogP contribution in [0.5, 0.6) is 0 Å². The molecule has 0 saturated heterocycles. The van der Waals surface area contributed by atoms with Crippen LogP contribution < -0.4 is 5.32 Å². The van der Waals surface area contributed by atoms with Gasteiger partial charge in [0.1, 0.15) is 11.5 Å². The highest BCUT2D eigenvalue weighted by Gasteiger charge is 2.25. The minimum atomic E-state index is -0.883. The van der Waals surface area contributed by atoms with Gasteiger partial charge < -0.3 is 5.32 Å². The third kappa shape index (κ3) is 2.79. The third-order valence-corrected chi connectivity index (χ3v) is 3.77. The predicted octanol–water partition coefficient (Wildman–Crippen LogP) is 4.48. The number of nitrogens with one attached hydrogen (secondary N) is 1. The summed E-state index contributed by atoms with van der Waals surface area (Å²) in [4.78, 5) is 0. The minimum Gasteiger partial charge on any atom is -0.377 e. The Hall–Kier alpha value is -1.19. The summed E-state index contributed by atoms with van der Waals surface area (Å²) in [5, 5.41) is 2.93. The number of anilines is 1. The highest BCUT2D eigenvalue weighted by Crippen LogP contribution is 2.31.